The number of carbonyl (C=O) groups excluding carboxylic acids is 1. The van der Waals surface area contributed by atoms with E-state index >= 15 is 0 Å². The fraction of sp³-hybridized carbons (Fsp3) is 0.300. The van der Waals surface area contributed by atoms with E-state index in [0.29, 0.717) is 29.8 Å². The van der Waals surface area contributed by atoms with Crippen molar-refractivity contribution in [3.05, 3.63) is 112 Å². The highest BCUT2D eigenvalue weighted by Crippen LogP contribution is 2.31. The molecule has 4 rings (SSSR count). The first-order chi connectivity index (χ1) is 17.1. The average molecular weight is 468 g/mol. The van der Waals surface area contributed by atoms with Crippen LogP contribution in [-0.2, 0) is 11.3 Å². The SMILES string of the molecule is CCCN(C(=O)C(c1ccccc1)c1ccccc1)C(C)c1nc2ccccc2c(=O)n1CCC. The van der Waals surface area contributed by atoms with E-state index < -0.39 is 5.92 Å². The lowest BCUT2D eigenvalue weighted by Gasteiger charge is -2.33. The van der Waals surface area contributed by atoms with E-state index in [1.165, 1.54) is 0 Å². The lowest BCUT2D eigenvalue weighted by Crippen LogP contribution is -2.41. The molecule has 0 saturated carbocycles. The predicted molar refractivity (Wildman–Crippen MR) is 141 cm³/mol. The van der Waals surface area contributed by atoms with Crippen LogP contribution in [-0.4, -0.2) is 26.9 Å². The maximum Gasteiger partial charge on any atom is 0.261 e. The fourth-order valence-electron chi connectivity index (χ4n) is 4.75. The Balaban J connectivity index is 1.83. The Kier molecular flexibility index (Phi) is 7.76. The molecular weight excluding hydrogens is 434 g/mol. The van der Waals surface area contributed by atoms with Gasteiger partial charge in [0.05, 0.1) is 22.9 Å². The quantitative estimate of drug-likeness (QED) is 0.306. The Bertz CT molecular complexity index is 1290. The summed E-state index contributed by atoms with van der Waals surface area (Å²) in [6.45, 7) is 7.24. The first-order valence-corrected chi connectivity index (χ1v) is 12.5. The molecule has 0 aliphatic carbocycles. The number of fused-ring (bicyclic) bond motifs is 1. The lowest BCUT2D eigenvalue weighted by molar-refractivity contribution is -0.134. The van der Waals surface area contributed by atoms with Crippen molar-refractivity contribution in [3.63, 3.8) is 0 Å². The summed E-state index contributed by atoms with van der Waals surface area (Å²) in [5.41, 5.74) is 2.52. The second-order valence-corrected chi connectivity index (χ2v) is 8.91. The molecule has 1 atom stereocenters. The monoisotopic (exact) mass is 467 g/mol. The molecular formula is C30H33N3O2. The van der Waals surface area contributed by atoms with E-state index in [2.05, 4.69) is 6.92 Å². The summed E-state index contributed by atoms with van der Waals surface area (Å²) in [7, 11) is 0. The molecule has 1 aromatic heterocycles. The van der Waals surface area contributed by atoms with Gasteiger partial charge in [0.25, 0.3) is 5.56 Å². The van der Waals surface area contributed by atoms with Crippen molar-refractivity contribution in [2.24, 2.45) is 0 Å². The number of hydrogen-bond donors (Lipinski definition) is 0. The first-order valence-electron chi connectivity index (χ1n) is 12.5. The zero-order valence-electron chi connectivity index (χ0n) is 20.7. The molecule has 1 amide bonds. The number of aromatic nitrogens is 2. The molecule has 5 heteroatoms. The van der Waals surface area contributed by atoms with Crippen LogP contribution in [0.25, 0.3) is 10.9 Å². The molecule has 0 radical (unpaired) electrons. The van der Waals surface area contributed by atoms with Crippen LogP contribution in [0.5, 0.6) is 0 Å². The largest absolute Gasteiger partial charge is 0.332 e. The van der Waals surface area contributed by atoms with E-state index in [9.17, 15) is 9.59 Å². The van der Waals surface area contributed by atoms with Gasteiger partial charge in [-0.3, -0.25) is 14.2 Å². The molecule has 1 unspecified atom stereocenters. The van der Waals surface area contributed by atoms with Crippen molar-refractivity contribution in [3.8, 4) is 0 Å². The van der Waals surface area contributed by atoms with Crippen molar-refractivity contribution in [1.29, 1.82) is 0 Å². The van der Waals surface area contributed by atoms with Crippen molar-refractivity contribution < 1.29 is 4.79 Å². The van der Waals surface area contributed by atoms with Gasteiger partial charge in [0.15, 0.2) is 0 Å². The van der Waals surface area contributed by atoms with Gasteiger partial charge < -0.3 is 4.90 Å². The molecule has 0 aliphatic rings. The van der Waals surface area contributed by atoms with Crippen LogP contribution >= 0.6 is 0 Å². The molecule has 0 bridgehead atoms. The van der Waals surface area contributed by atoms with Crippen LogP contribution in [0.1, 0.15) is 62.5 Å². The lowest BCUT2D eigenvalue weighted by atomic mass is 9.89. The summed E-state index contributed by atoms with van der Waals surface area (Å²) in [5, 5.41) is 0.608. The third kappa shape index (κ3) is 5.04. The van der Waals surface area contributed by atoms with Crippen LogP contribution in [0.3, 0.4) is 0 Å². The van der Waals surface area contributed by atoms with Gasteiger partial charge in [-0.2, -0.15) is 0 Å². The minimum Gasteiger partial charge on any atom is -0.332 e. The van der Waals surface area contributed by atoms with Gasteiger partial charge >= 0.3 is 0 Å². The topological polar surface area (TPSA) is 55.2 Å². The molecule has 0 saturated heterocycles. The zero-order chi connectivity index (χ0) is 24.8. The van der Waals surface area contributed by atoms with Crippen molar-refractivity contribution >= 4 is 16.8 Å². The molecule has 0 N–H and O–H groups in total. The Morgan fingerprint density at radius 2 is 1.43 bits per heavy atom. The number of rotatable bonds is 9. The van der Waals surface area contributed by atoms with Gasteiger partial charge in [0.2, 0.25) is 5.91 Å². The number of hydrogen-bond acceptors (Lipinski definition) is 3. The molecule has 0 aliphatic heterocycles. The van der Waals surface area contributed by atoms with Gasteiger partial charge in [-0.25, -0.2) is 4.98 Å². The minimum absolute atomic E-state index is 0.0159. The van der Waals surface area contributed by atoms with Crippen LogP contribution < -0.4 is 5.56 Å². The van der Waals surface area contributed by atoms with E-state index in [0.717, 1.165) is 24.0 Å². The van der Waals surface area contributed by atoms with E-state index in [4.69, 9.17) is 4.98 Å². The zero-order valence-corrected chi connectivity index (χ0v) is 20.7. The number of benzene rings is 3. The number of carbonyl (C=O) groups is 1. The highest BCUT2D eigenvalue weighted by atomic mass is 16.2. The molecule has 180 valence electrons. The van der Waals surface area contributed by atoms with Crippen LogP contribution in [0.4, 0.5) is 0 Å². The first kappa shape index (κ1) is 24.4. The maximum absolute atomic E-state index is 14.3. The summed E-state index contributed by atoms with van der Waals surface area (Å²) in [6, 6.07) is 26.9. The van der Waals surface area contributed by atoms with Crippen LogP contribution in [0.15, 0.2) is 89.7 Å². The normalized spacial score (nSPS) is 12.1. The smallest absolute Gasteiger partial charge is 0.261 e. The Morgan fingerprint density at radius 1 is 0.857 bits per heavy atom. The minimum atomic E-state index is -0.432. The molecule has 4 aromatic rings. The second-order valence-electron chi connectivity index (χ2n) is 8.91. The van der Waals surface area contributed by atoms with Gasteiger partial charge in [-0.15, -0.1) is 0 Å². The highest BCUT2D eigenvalue weighted by Gasteiger charge is 2.32. The average Bonchev–Trinajstić information content (AvgIpc) is 2.90. The summed E-state index contributed by atoms with van der Waals surface area (Å²) in [5.74, 6) is 0.220. The third-order valence-corrected chi connectivity index (χ3v) is 6.44. The van der Waals surface area contributed by atoms with E-state index in [1.807, 2.05) is 104 Å². The van der Waals surface area contributed by atoms with E-state index in [1.54, 1.807) is 4.57 Å². The Labute approximate surface area is 207 Å². The number of nitrogens with zero attached hydrogens (tertiary/aromatic N) is 3. The summed E-state index contributed by atoms with van der Waals surface area (Å²) in [4.78, 5) is 34.5. The van der Waals surface area contributed by atoms with Gasteiger partial charge in [0, 0.05) is 13.1 Å². The number of para-hydroxylation sites is 1. The Hall–Kier alpha value is -3.73. The third-order valence-electron chi connectivity index (χ3n) is 6.44. The molecule has 3 aromatic carbocycles. The second kappa shape index (κ2) is 11.1. The summed E-state index contributed by atoms with van der Waals surface area (Å²) < 4.78 is 1.75. The molecule has 5 nitrogen and oxygen atoms in total. The molecule has 35 heavy (non-hydrogen) atoms. The van der Waals surface area contributed by atoms with Gasteiger partial charge in [-0.05, 0) is 43.0 Å². The van der Waals surface area contributed by atoms with Crippen molar-refractivity contribution in [1.82, 2.24) is 14.5 Å². The van der Waals surface area contributed by atoms with Crippen molar-refractivity contribution in [2.75, 3.05) is 6.54 Å². The van der Waals surface area contributed by atoms with Crippen LogP contribution in [0, 0.1) is 0 Å². The highest BCUT2D eigenvalue weighted by molar-refractivity contribution is 5.87. The molecule has 0 fully saturated rings. The standard InChI is InChI=1S/C30H33N3O2/c1-4-20-32(30(35)27(23-14-8-6-9-15-23)24-16-10-7-11-17-24)22(3)28-31-26-19-13-12-18-25(26)29(34)33(28)21-5-2/h6-19,22,27H,4-5,20-21H2,1-3H3. The Morgan fingerprint density at radius 3 is 2.00 bits per heavy atom. The van der Waals surface area contributed by atoms with Gasteiger partial charge in [-0.1, -0.05) is 86.6 Å². The van der Waals surface area contributed by atoms with Crippen molar-refractivity contribution in [2.45, 2.75) is 52.1 Å². The molecule has 1 heterocycles. The van der Waals surface area contributed by atoms with Crippen LogP contribution in [0.2, 0.25) is 0 Å². The fourth-order valence-corrected chi connectivity index (χ4v) is 4.75. The maximum atomic E-state index is 14.3. The number of amides is 1. The summed E-state index contributed by atoms with van der Waals surface area (Å²) in [6.07, 6.45) is 1.61. The summed E-state index contributed by atoms with van der Waals surface area (Å²) >= 11 is 0. The van der Waals surface area contributed by atoms with Gasteiger partial charge in [0.1, 0.15) is 5.82 Å². The van der Waals surface area contributed by atoms with E-state index in [-0.39, 0.29) is 17.5 Å². The molecule has 0 spiro atoms. The predicted octanol–water partition coefficient (Wildman–Crippen LogP) is 5.94.